The Morgan fingerprint density at radius 2 is 2.05 bits per heavy atom. The molecule has 0 aliphatic rings. The molecule has 4 heteroatoms. The number of halogens is 1. The zero-order chi connectivity index (χ0) is 15.5. The maximum absolute atomic E-state index is 5.94. The number of aryl methyl sites for hydroxylation is 3. The van der Waals surface area contributed by atoms with Gasteiger partial charge in [0.2, 0.25) is 0 Å². The lowest BCUT2D eigenvalue weighted by Crippen LogP contribution is -1.97. The van der Waals surface area contributed by atoms with E-state index in [1.807, 2.05) is 25.1 Å². The standard InChI is InChI=1S/C18H18ClNO2/c1-12-4-3-5-14(10-12)11-21-17-7-6-15-16(8-9-19)20-22-18(15)13(17)2/h3-7,10H,8-9,11H2,1-2H3. The highest BCUT2D eigenvalue weighted by Gasteiger charge is 2.13. The Morgan fingerprint density at radius 3 is 2.82 bits per heavy atom. The van der Waals surface area contributed by atoms with Gasteiger partial charge in [0.15, 0.2) is 5.58 Å². The average Bonchev–Trinajstić information content (AvgIpc) is 2.91. The van der Waals surface area contributed by atoms with E-state index in [9.17, 15) is 0 Å². The summed E-state index contributed by atoms with van der Waals surface area (Å²) < 4.78 is 11.4. The van der Waals surface area contributed by atoms with E-state index in [0.717, 1.165) is 33.5 Å². The van der Waals surface area contributed by atoms with Crippen LogP contribution in [-0.4, -0.2) is 11.0 Å². The number of hydrogen-bond donors (Lipinski definition) is 0. The summed E-state index contributed by atoms with van der Waals surface area (Å²) in [6.07, 6.45) is 0.706. The zero-order valence-corrected chi connectivity index (χ0v) is 13.5. The van der Waals surface area contributed by atoms with E-state index < -0.39 is 0 Å². The van der Waals surface area contributed by atoms with Gasteiger partial charge in [-0.25, -0.2) is 0 Å². The van der Waals surface area contributed by atoms with E-state index >= 15 is 0 Å². The summed E-state index contributed by atoms with van der Waals surface area (Å²) in [7, 11) is 0. The molecule has 0 radical (unpaired) electrons. The van der Waals surface area contributed by atoms with E-state index in [0.29, 0.717) is 18.9 Å². The topological polar surface area (TPSA) is 35.3 Å². The fraction of sp³-hybridized carbons (Fsp3) is 0.278. The van der Waals surface area contributed by atoms with Crippen molar-refractivity contribution in [2.24, 2.45) is 0 Å². The first-order valence-corrected chi connectivity index (χ1v) is 7.84. The molecule has 3 nitrogen and oxygen atoms in total. The molecule has 114 valence electrons. The summed E-state index contributed by atoms with van der Waals surface area (Å²) in [4.78, 5) is 0. The average molecular weight is 316 g/mol. The number of alkyl halides is 1. The molecular formula is C18H18ClNO2. The Hall–Kier alpha value is -2.00. The minimum absolute atomic E-state index is 0.534. The van der Waals surface area contributed by atoms with Crippen LogP contribution in [-0.2, 0) is 13.0 Å². The number of ether oxygens (including phenoxy) is 1. The molecule has 0 aliphatic carbocycles. The van der Waals surface area contributed by atoms with Crippen molar-refractivity contribution in [3.8, 4) is 5.75 Å². The molecule has 0 fully saturated rings. The lowest BCUT2D eigenvalue weighted by Gasteiger charge is -2.09. The number of rotatable bonds is 5. The van der Waals surface area contributed by atoms with Crippen LogP contribution in [0.3, 0.4) is 0 Å². The molecule has 1 heterocycles. The Kier molecular flexibility index (Phi) is 4.34. The van der Waals surface area contributed by atoms with Gasteiger partial charge in [0.05, 0.1) is 5.69 Å². The maximum atomic E-state index is 5.94. The van der Waals surface area contributed by atoms with Crippen LogP contribution in [0.25, 0.3) is 11.0 Å². The van der Waals surface area contributed by atoms with Crippen molar-refractivity contribution < 1.29 is 9.26 Å². The van der Waals surface area contributed by atoms with Gasteiger partial charge in [-0.3, -0.25) is 0 Å². The van der Waals surface area contributed by atoms with Gasteiger partial charge in [0.25, 0.3) is 0 Å². The van der Waals surface area contributed by atoms with Gasteiger partial charge in [-0.05, 0) is 31.5 Å². The molecule has 0 N–H and O–H groups in total. The second kappa shape index (κ2) is 6.41. The Bertz CT molecular complexity index is 795. The largest absolute Gasteiger partial charge is 0.488 e. The molecule has 0 spiro atoms. The summed E-state index contributed by atoms with van der Waals surface area (Å²) in [5, 5.41) is 5.12. The lowest BCUT2D eigenvalue weighted by atomic mass is 10.1. The molecule has 3 rings (SSSR count). The number of aromatic nitrogens is 1. The van der Waals surface area contributed by atoms with Crippen LogP contribution in [0, 0.1) is 13.8 Å². The minimum atomic E-state index is 0.534. The smallest absolute Gasteiger partial charge is 0.173 e. The summed E-state index contributed by atoms with van der Waals surface area (Å²) in [6.45, 7) is 4.61. The van der Waals surface area contributed by atoms with Crippen LogP contribution in [0.2, 0.25) is 0 Å². The quantitative estimate of drug-likeness (QED) is 0.634. The molecule has 2 aromatic carbocycles. The predicted octanol–water partition coefficient (Wildman–Crippen LogP) is 4.80. The van der Waals surface area contributed by atoms with Crippen LogP contribution in [0.1, 0.15) is 22.4 Å². The monoisotopic (exact) mass is 315 g/mol. The number of nitrogens with zero attached hydrogens (tertiary/aromatic N) is 1. The summed E-state index contributed by atoms with van der Waals surface area (Å²) >= 11 is 5.79. The minimum Gasteiger partial charge on any atom is -0.488 e. The van der Waals surface area contributed by atoms with E-state index in [1.165, 1.54) is 5.56 Å². The number of benzene rings is 2. The van der Waals surface area contributed by atoms with E-state index in [1.54, 1.807) is 0 Å². The lowest BCUT2D eigenvalue weighted by molar-refractivity contribution is 0.303. The number of hydrogen-bond acceptors (Lipinski definition) is 3. The molecule has 0 saturated heterocycles. The number of fused-ring (bicyclic) bond motifs is 1. The van der Waals surface area contributed by atoms with Crippen molar-refractivity contribution in [2.75, 3.05) is 5.88 Å². The summed E-state index contributed by atoms with van der Waals surface area (Å²) in [5.74, 6) is 1.36. The van der Waals surface area contributed by atoms with Crippen molar-refractivity contribution in [2.45, 2.75) is 26.9 Å². The van der Waals surface area contributed by atoms with Gasteiger partial charge in [0, 0.05) is 23.3 Å². The highest BCUT2D eigenvalue weighted by Crippen LogP contribution is 2.30. The highest BCUT2D eigenvalue weighted by molar-refractivity contribution is 6.18. The van der Waals surface area contributed by atoms with Crippen LogP contribution >= 0.6 is 11.6 Å². The predicted molar refractivity (Wildman–Crippen MR) is 88.7 cm³/mol. The molecule has 0 atom stereocenters. The molecule has 0 bridgehead atoms. The van der Waals surface area contributed by atoms with Crippen LogP contribution in [0.5, 0.6) is 5.75 Å². The van der Waals surface area contributed by atoms with Gasteiger partial charge in [0.1, 0.15) is 12.4 Å². The van der Waals surface area contributed by atoms with E-state index in [-0.39, 0.29) is 0 Å². The van der Waals surface area contributed by atoms with Gasteiger partial charge in [-0.2, -0.15) is 0 Å². The molecule has 3 aromatic rings. The summed E-state index contributed by atoms with van der Waals surface area (Å²) in [6, 6.07) is 12.3. The third-order valence-electron chi connectivity index (χ3n) is 3.72. The van der Waals surface area contributed by atoms with Crippen molar-refractivity contribution in [3.63, 3.8) is 0 Å². The molecular weight excluding hydrogens is 298 g/mol. The van der Waals surface area contributed by atoms with Crippen molar-refractivity contribution in [3.05, 3.63) is 58.8 Å². The molecule has 0 aliphatic heterocycles. The molecule has 1 aromatic heterocycles. The highest BCUT2D eigenvalue weighted by atomic mass is 35.5. The molecule has 0 unspecified atom stereocenters. The normalized spacial score (nSPS) is 11.0. The summed E-state index contributed by atoms with van der Waals surface area (Å²) in [5.41, 5.74) is 5.03. The third-order valence-corrected chi connectivity index (χ3v) is 3.91. The van der Waals surface area contributed by atoms with Crippen LogP contribution in [0.4, 0.5) is 0 Å². The fourth-order valence-electron chi connectivity index (χ4n) is 2.56. The molecule has 22 heavy (non-hydrogen) atoms. The van der Waals surface area contributed by atoms with Gasteiger partial charge in [-0.1, -0.05) is 35.0 Å². The Labute approximate surface area is 134 Å². The molecule has 0 saturated carbocycles. The van der Waals surface area contributed by atoms with Gasteiger partial charge >= 0.3 is 0 Å². The Balaban J connectivity index is 1.84. The third kappa shape index (κ3) is 2.95. The van der Waals surface area contributed by atoms with Crippen molar-refractivity contribution in [1.29, 1.82) is 0 Å². The second-order valence-corrected chi connectivity index (χ2v) is 5.79. The second-order valence-electron chi connectivity index (χ2n) is 5.41. The first-order chi connectivity index (χ1) is 10.7. The van der Waals surface area contributed by atoms with Gasteiger partial charge < -0.3 is 9.26 Å². The fourth-order valence-corrected chi connectivity index (χ4v) is 2.74. The first kappa shape index (κ1) is 14.9. The first-order valence-electron chi connectivity index (χ1n) is 7.31. The zero-order valence-electron chi connectivity index (χ0n) is 12.7. The van der Waals surface area contributed by atoms with Gasteiger partial charge in [-0.15, -0.1) is 11.6 Å². The van der Waals surface area contributed by atoms with Crippen LogP contribution in [0.15, 0.2) is 40.9 Å². The van der Waals surface area contributed by atoms with Crippen molar-refractivity contribution in [1.82, 2.24) is 5.16 Å². The Morgan fingerprint density at radius 1 is 1.18 bits per heavy atom. The van der Waals surface area contributed by atoms with Crippen molar-refractivity contribution >= 4 is 22.6 Å². The van der Waals surface area contributed by atoms with Crippen LogP contribution < -0.4 is 4.74 Å². The maximum Gasteiger partial charge on any atom is 0.173 e. The van der Waals surface area contributed by atoms with E-state index in [4.69, 9.17) is 20.9 Å². The SMILES string of the molecule is Cc1cccc(COc2ccc3c(CCCl)noc3c2C)c1. The molecule has 0 amide bonds. The van der Waals surface area contributed by atoms with E-state index in [2.05, 4.69) is 30.3 Å².